The third-order valence-electron chi connectivity index (χ3n) is 4.30. The Bertz CT molecular complexity index is 210. The van der Waals surface area contributed by atoms with Crippen molar-refractivity contribution in [1.82, 2.24) is 0 Å². The van der Waals surface area contributed by atoms with Crippen LogP contribution in [0.1, 0.15) is 96.8 Å². The molecule has 1 saturated carbocycles. The quantitative estimate of drug-likeness (QED) is 0.458. The average Bonchev–Trinajstić information content (AvgIpc) is 2.37. The van der Waals surface area contributed by atoms with Gasteiger partial charge in [-0.3, -0.25) is 4.79 Å². The van der Waals surface area contributed by atoms with E-state index in [1.807, 2.05) is 0 Å². The highest BCUT2D eigenvalue weighted by atomic mass is 16.1. The summed E-state index contributed by atoms with van der Waals surface area (Å²) in [4.78, 5) is 11.3. The molecular formula is C17H32O. The van der Waals surface area contributed by atoms with Crippen molar-refractivity contribution in [2.24, 2.45) is 5.92 Å². The predicted octanol–water partition coefficient (Wildman–Crippen LogP) is 5.67. The van der Waals surface area contributed by atoms with Crippen LogP contribution in [-0.2, 0) is 4.79 Å². The van der Waals surface area contributed by atoms with Crippen molar-refractivity contribution >= 4 is 5.78 Å². The van der Waals surface area contributed by atoms with Crippen molar-refractivity contribution < 1.29 is 4.79 Å². The Morgan fingerprint density at radius 3 is 2.17 bits per heavy atom. The summed E-state index contributed by atoms with van der Waals surface area (Å²) < 4.78 is 0. The van der Waals surface area contributed by atoms with E-state index in [9.17, 15) is 4.79 Å². The zero-order valence-corrected chi connectivity index (χ0v) is 12.4. The lowest BCUT2D eigenvalue weighted by Crippen LogP contribution is -2.14. The first-order chi connectivity index (χ1) is 8.83. The zero-order chi connectivity index (χ0) is 13.1. The maximum Gasteiger partial charge on any atom is 0.133 e. The summed E-state index contributed by atoms with van der Waals surface area (Å²) in [5.74, 6) is 1.25. The third-order valence-corrected chi connectivity index (χ3v) is 4.30. The van der Waals surface area contributed by atoms with E-state index in [4.69, 9.17) is 0 Å². The number of hydrogen-bond acceptors (Lipinski definition) is 1. The van der Waals surface area contributed by atoms with Crippen LogP contribution in [0.5, 0.6) is 0 Å². The average molecular weight is 252 g/mol. The molecule has 0 bridgehead atoms. The number of carbonyl (C=O) groups excluding carboxylic acids is 1. The highest BCUT2D eigenvalue weighted by molar-refractivity contribution is 5.79. The van der Waals surface area contributed by atoms with Gasteiger partial charge in [0.2, 0.25) is 0 Å². The fourth-order valence-electron chi connectivity index (χ4n) is 3.10. The molecule has 1 rings (SSSR count). The summed E-state index contributed by atoms with van der Waals surface area (Å²) in [5, 5.41) is 0. The lowest BCUT2D eigenvalue weighted by molar-refractivity contribution is -0.121. The minimum Gasteiger partial charge on any atom is -0.300 e. The molecule has 106 valence electrons. The van der Waals surface area contributed by atoms with Crippen molar-refractivity contribution in [1.29, 1.82) is 0 Å². The Labute approximate surface area is 114 Å². The summed E-state index contributed by atoms with van der Waals surface area (Å²) in [6, 6.07) is 0. The third kappa shape index (κ3) is 7.89. The highest BCUT2D eigenvalue weighted by Crippen LogP contribution is 2.26. The standard InChI is InChI=1S/C17H32O/c1-2-3-4-5-6-7-8-9-10-12-16-13-11-14-17(18)15-16/h16H,2-15H2,1H3. The molecule has 0 spiro atoms. The first-order valence-corrected chi connectivity index (χ1v) is 8.34. The molecule has 1 unspecified atom stereocenters. The van der Waals surface area contributed by atoms with Gasteiger partial charge in [0.15, 0.2) is 0 Å². The first-order valence-electron chi connectivity index (χ1n) is 8.34. The molecule has 0 aromatic rings. The number of rotatable bonds is 10. The summed E-state index contributed by atoms with van der Waals surface area (Å²) in [5.41, 5.74) is 0. The summed E-state index contributed by atoms with van der Waals surface area (Å²) >= 11 is 0. The summed E-state index contributed by atoms with van der Waals surface area (Å²) in [7, 11) is 0. The number of ketones is 1. The maximum atomic E-state index is 11.3. The largest absolute Gasteiger partial charge is 0.300 e. The van der Waals surface area contributed by atoms with Gasteiger partial charge in [0.05, 0.1) is 0 Å². The fraction of sp³-hybridized carbons (Fsp3) is 0.941. The Hall–Kier alpha value is -0.330. The Kier molecular flexibility index (Phi) is 9.24. The molecule has 0 aliphatic heterocycles. The number of hydrogen-bond donors (Lipinski definition) is 0. The van der Waals surface area contributed by atoms with Gasteiger partial charge in [0.25, 0.3) is 0 Å². The second kappa shape index (κ2) is 10.6. The molecule has 0 aromatic heterocycles. The first kappa shape index (κ1) is 15.7. The van der Waals surface area contributed by atoms with Gasteiger partial charge in [-0.15, -0.1) is 0 Å². The minimum absolute atomic E-state index is 0.516. The second-order valence-electron chi connectivity index (χ2n) is 6.12. The van der Waals surface area contributed by atoms with E-state index in [0.29, 0.717) is 5.78 Å². The van der Waals surface area contributed by atoms with Gasteiger partial charge in [-0.1, -0.05) is 71.1 Å². The monoisotopic (exact) mass is 252 g/mol. The minimum atomic E-state index is 0.516. The molecule has 0 saturated heterocycles. The number of unbranched alkanes of at least 4 members (excludes halogenated alkanes) is 8. The molecule has 0 amide bonds. The van der Waals surface area contributed by atoms with Gasteiger partial charge < -0.3 is 0 Å². The Morgan fingerprint density at radius 2 is 1.56 bits per heavy atom. The van der Waals surface area contributed by atoms with Crippen LogP contribution in [0.3, 0.4) is 0 Å². The van der Waals surface area contributed by atoms with Crippen molar-refractivity contribution in [3.8, 4) is 0 Å². The Morgan fingerprint density at radius 1 is 0.944 bits per heavy atom. The summed E-state index contributed by atoms with van der Waals surface area (Å²) in [6.07, 6.45) is 18.1. The molecule has 18 heavy (non-hydrogen) atoms. The van der Waals surface area contributed by atoms with Crippen molar-refractivity contribution in [2.45, 2.75) is 96.8 Å². The zero-order valence-electron chi connectivity index (χ0n) is 12.4. The highest BCUT2D eigenvalue weighted by Gasteiger charge is 2.18. The van der Waals surface area contributed by atoms with Gasteiger partial charge in [-0.25, -0.2) is 0 Å². The molecule has 1 heteroatoms. The number of carbonyl (C=O) groups is 1. The van der Waals surface area contributed by atoms with Crippen molar-refractivity contribution in [3.05, 3.63) is 0 Å². The van der Waals surface area contributed by atoms with E-state index < -0.39 is 0 Å². The van der Waals surface area contributed by atoms with E-state index in [1.54, 1.807) is 0 Å². The second-order valence-corrected chi connectivity index (χ2v) is 6.12. The van der Waals surface area contributed by atoms with Crippen LogP contribution in [0, 0.1) is 5.92 Å². The van der Waals surface area contributed by atoms with E-state index in [2.05, 4.69) is 6.92 Å². The lowest BCUT2D eigenvalue weighted by atomic mass is 9.85. The van der Waals surface area contributed by atoms with Crippen LogP contribution < -0.4 is 0 Å². The van der Waals surface area contributed by atoms with Gasteiger partial charge in [-0.05, 0) is 18.8 Å². The van der Waals surface area contributed by atoms with Crippen LogP contribution >= 0.6 is 0 Å². The van der Waals surface area contributed by atoms with Crippen molar-refractivity contribution in [3.63, 3.8) is 0 Å². The van der Waals surface area contributed by atoms with Gasteiger partial charge in [0.1, 0.15) is 5.78 Å². The predicted molar refractivity (Wildman–Crippen MR) is 78.8 cm³/mol. The van der Waals surface area contributed by atoms with Crippen LogP contribution in [0.4, 0.5) is 0 Å². The van der Waals surface area contributed by atoms with Crippen LogP contribution in [-0.4, -0.2) is 5.78 Å². The van der Waals surface area contributed by atoms with Crippen LogP contribution in [0.2, 0.25) is 0 Å². The molecular weight excluding hydrogens is 220 g/mol. The molecule has 1 atom stereocenters. The fourth-order valence-corrected chi connectivity index (χ4v) is 3.10. The molecule has 0 N–H and O–H groups in total. The van der Waals surface area contributed by atoms with Crippen molar-refractivity contribution in [2.75, 3.05) is 0 Å². The van der Waals surface area contributed by atoms with Crippen LogP contribution in [0.25, 0.3) is 0 Å². The van der Waals surface area contributed by atoms with E-state index >= 15 is 0 Å². The van der Waals surface area contributed by atoms with Gasteiger partial charge in [-0.2, -0.15) is 0 Å². The Balaban J connectivity index is 1.82. The van der Waals surface area contributed by atoms with Gasteiger partial charge in [0, 0.05) is 12.8 Å². The van der Waals surface area contributed by atoms with E-state index in [1.165, 1.54) is 70.6 Å². The van der Waals surface area contributed by atoms with Gasteiger partial charge >= 0.3 is 0 Å². The van der Waals surface area contributed by atoms with Crippen LogP contribution in [0.15, 0.2) is 0 Å². The van der Waals surface area contributed by atoms with E-state index in [-0.39, 0.29) is 0 Å². The normalized spacial score (nSPS) is 20.3. The smallest absolute Gasteiger partial charge is 0.133 e. The molecule has 1 nitrogen and oxygen atoms in total. The summed E-state index contributed by atoms with van der Waals surface area (Å²) in [6.45, 7) is 2.27. The maximum absolute atomic E-state index is 11.3. The molecule has 0 heterocycles. The topological polar surface area (TPSA) is 17.1 Å². The molecule has 1 aliphatic carbocycles. The lowest BCUT2D eigenvalue weighted by Gasteiger charge is -2.20. The van der Waals surface area contributed by atoms with E-state index in [0.717, 1.165) is 25.2 Å². The SMILES string of the molecule is CCCCCCCCCCCC1CCCC(=O)C1. The molecule has 0 radical (unpaired) electrons. The molecule has 1 aliphatic rings. The molecule has 0 aromatic carbocycles. The number of Topliss-reactive ketones (excluding diaryl/α,β-unsaturated/α-hetero) is 1. The molecule has 1 fully saturated rings.